The van der Waals surface area contributed by atoms with E-state index in [0.717, 1.165) is 0 Å². The third-order valence-corrected chi connectivity index (χ3v) is 4.77. The normalized spacial score (nSPS) is 11.6. The Morgan fingerprint density at radius 3 is 2.33 bits per heavy atom. The van der Waals surface area contributed by atoms with E-state index in [9.17, 15) is 14.4 Å². The van der Waals surface area contributed by atoms with E-state index in [4.69, 9.17) is 9.47 Å². The summed E-state index contributed by atoms with van der Waals surface area (Å²) >= 11 is 0. The van der Waals surface area contributed by atoms with E-state index in [-0.39, 0.29) is 22.6 Å². The Morgan fingerprint density at radius 1 is 1.03 bits per heavy atom. The fourth-order valence-corrected chi connectivity index (χ4v) is 3.03. The van der Waals surface area contributed by atoms with Crippen LogP contribution in [0.5, 0.6) is 5.75 Å². The van der Waals surface area contributed by atoms with Crippen LogP contribution in [-0.4, -0.2) is 34.5 Å². The van der Waals surface area contributed by atoms with Crippen LogP contribution in [0.4, 0.5) is 5.69 Å². The molecule has 0 aliphatic rings. The number of nitrogens with zero attached hydrogens (tertiary/aromatic N) is 2. The molecule has 3 rings (SSSR count). The Kier molecular flexibility index (Phi) is 6.06. The molecule has 2 aromatic carbocycles. The Balaban J connectivity index is 1.84. The molecule has 0 spiro atoms. The van der Waals surface area contributed by atoms with Gasteiger partial charge in [0.25, 0.3) is 11.5 Å². The van der Waals surface area contributed by atoms with Crippen LogP contribution in [0.25, 0.3) is 5.69 Å². The molecular formula is C22H23N3O5. The van der Waals surface area contributed by atoms with Crippen molar-refractivity contribution in [3.05, 3.63) is 76.2 Å². The number of anilines is 1. The number of amides is 1. The zero-order valence-corrected chi connectivity index (χ0v) is 17.2. The van der Waals surface area contributed by atoms with Gasteiger partial charge in [0.05, 0.1) is 18.5 Å². The minimum Gasteiger partial charge on any atom is -0.480 e. The van der Waals surface area contributed by atoms with Crippen molar-refractivity contribution in [3.63, 3.8) is 0 Å². The molecule has 0 saturated heterocycles. The minimum absolute atomic E-state index is 0.169. The maximum absolute atomic E-state index is 12.9. The summed E-state index contributed by atoms with van der Waals surface area (Å²) in [7, 11) is 3.01. The summed E-state index contributed by atoms with van der Waals surface area (Å²) in [6.07, 6.45) is -0.958. The number of para-hydroxylation sites is 2. The molecule has 30 heavy (non-hydrogen) atoms. The topological polar surface area (TPSA) is 91.6 Å². The van der Waals surface area contributed by atoms with Gasteiger partial charge in [0.15, 0.2) is 6.10 Å². The standard InChI is InChI=1S/C22H23N3O5/c1-14-19(21(27)25(24(14)3)16-10-6-5-7-11-16)23-20(26)15(2)30-18-13-9-8-12-17(18)22(28)29-4/h5-13,15H,1-4H3,(H,23,26)/t15-/m0/s1. The van der Waals surface area contributed by atoms with Crippen molar-refractivity contribution >= 4 is 17.6 Å². The van der Waals surface area contributed by atoms with Crippen molar-refractivity contribution in [1.29, 1.82) is 0 Å². The van der Waals surface area contributed by atoms with Crippen LogP contribution in [0.15, 0.2) is 59.4 Å². The number of rotatable bonds is 6. The second-order valence-corrected chi connectivity index (χ2v) is 6.67. The molecule has 0 radical (unpaired) electrons. The van der Waals surface area contributed by atoms with Gasteiger partial charge in [0.2, 0.25) is 0 Å². The Morgan fingerprint density at radius 2 is 1.67 bits per heavy atom. The van der Waals surface area contributed by atoms with Crippen LogP contribution in [0, 0.1) is 6.92 Å². The average Bonchev–Trinajstić information content (AvgIpc) is 2.97. The maximum atomic E-state index is 12.9. The number of carbonyl (C=O) groups excluding carboxylic acids is 2. The van der Waals surface area contributed by atoms with Crippen LogP contribution in [-0.2, 0) is 16.6 Å². The fraction of sp³-hybridized carbons (Fsp3) is 0.227. The number of methoxy groups -OCH3 is 1. The van der Waals surface area contributed by atoms with E-state index in [1.807, 2.05) is 30.3 Å². The van der Waals surface area contributed by atoms with Gasteiger partial charge in [-0.25, -0.2) is 9.48 Å². The number of nitrogens with one attached hydrogen (secondary N) is 1. The molecule has 1 N–H and O–H groups in total. The smallest absolute Gasteiger partial charge is 0.341 e. The number of esters is 1. The summed E-state index contributed by atoms with van der Waals surface area (Å²) in [5, 5.41) is 2.66. The summed E-state index contributed by atoms with van der Waals surface area (Å²) in [5.74, 6) is -0.859. The monoisotopic (exact) mass is 409 g/mol. The van der Waals surface area contributed by atoms with Crippen molar-refractivity contribution in [1.82, 2.24) is 9.36 Å². The second kappa shape index (κ2) is 8.69. The summed E-state index contributed by atoms with van der Waals surface area (Å²) in [6, 6.07) is 15.6. The third kappa shape index (κ3) is 3.98. The van der Waals surface area contributed by atoms with Gasteiger partial charge in [-0.05, 0) is 38.1 Å². The molecule has 1 amide bonds. The molecule has 8 nitrogen and oxygen atoms in total. The maximum Gasteiger partial charge on any atom is 0.341 e. The molecule has 1 aromatic heterocycles. The highest BCUT2D eigenvalue weighted by molar-refractivity contribution is 5.95. The Hall–Kier alpha value is -3.81. The summed E-state index contributed by atoms with van der Waals surface area (Å²) in [5.41, 5.74) is 1.31. The largest absolute Gasteiger partial charge is 0.480 e. The predicted molar refractivity (Wildman–Crippen MR) is 112 cm³/mol. The van der Waals surface area contributed by atoms with Crippen molar-refractivity contribution in [2.45, 2.75) is 20.0 Å². The van der Waals surface area contributed by atoms with Gasteiger partial charge in [-0.2, -0.15) is 0 Å². The molecule has 156 valence electrons. The van der Waals surface area contributed by atoms with Crippen LogP contribution in [0.3, 0.4) is 0 Å². The van der Waals surface area contributed by atoms with E-state index < -0.39 is 18.0 Å². The SMILES string of the molecule is COC(=O)c1ccccc1O[C@@H](C)C(=O)Nc1c(C)n(C)n(-c2ccccc2)c1=O. The van der Waals surface area contributed by atoms with E-state index in [0.29, 0.717) is 11.4 Å². The lowest BCUT2D eigenvalue weighted by atomic mass is 10.2. The molecule has 8 heteroatoms. The molecule has 1 heterocycles. The second-order valence-electron chi connectivity index (χ2n) is 6.67. The van der Waals surface area contributed by atoms with Crippen molar-refractivity contribution in [2.24, 2.45) is 7.05 Å². The van der Waals surface area contributed by atoms with Gasteiger partial charge in [0, 0.05) is 7.05 Å². The molecule has 0 bridgehead atoms. The van der Waals surface area contributed by atoms with Gasteiger partial charge in [0.1, 0.15) is 17.0 Å². The number of hydrogen-bond acceptors (Lipinski definition) is 5. The van der Waals surface area contributed by atoms with E-state index >= 15 is 0 Å². The number of benzene rings is 2. The van der Waals surface area contributed by atoms with Gasteiger partial charge < -0.3 is 14.8 Å². The zero-order valence-electron chi connectivity index (χ0n) is 17.2. The lowest BCUT2D eigenvalue weighted by molar-refractivity contribution is -0.122. The average molecular weight is 409 g/mol. The highest BCUT2D eigenvalue weighted by Gasteiger charge is 2.23. The van der Waals surface area contributed by atoms with Crippen molar-refractivity contribution in [3.8, 4) is 11.4 Å². The van der Waals surface area contributed by atoms with Gasteiger partial charge in [-0.3, -0.25) is 14.3 Å². The van der Waals surface area contributed by atoms with Gasteiger partial charge in [-0.1, -0.05) is 30.3 Å². The Labute approximate surface area is 173 Å². The molecule has 0 aliphatic carbocycles. The lowest BCUT2D eigenvalue weighted by Gasteiger charge is -2.16. The van der Waals surface area contributed by atoms with Gasteiger partial charge in [-0.15, -0.1) is 0 Å². The summed E-state index contributed by atoms with van der Waals surface area (Å²) in [6.45, 7) is 3.28. The molecule has 0 aliphatic heterocycles. The van der Waals surface area contributed by atoms with Crippen molar-refractivity contribution in [2.75, 3.05) is 12.4 Å². The van der Waals surface area contributed by atoms with Crippen LogP contribution in [0.1, 0.15) is 23.0 Å². The van der Waals surface area contributed by atoms with E-state index in [1.165, 1.54) is 18.7 Å². The highest BCUT2D eigenvalue weighted by atomic mass is 16.5. The zero-order chi connectivity index (χ0) is 21.8. The third-order valence-electron chi connectivity index (χ3n) is 4.77. The first kappa shape index (κ1) is 20.9. The van der Waals surface area contributed by atoms with Crippen molar-refractivity contribution < 1.29 is 19.1 Å². The first-order valence-corrected chi connectivity index (χ1v) is 9.34. The highest BCUT2D eigenvalue weighted by Crippen LogP contribution is 2.21. The van der Waals surface area contributed by atoms with E-state index in [1.54, 1.807) is 42.9 Å². The minimum atomic E-state index is -0.958. The Bertz CT molecular complexity index is 1130. The van der Waals surface area contributed by atoms with Gasteiger partial charge >= 0.3 is 5.97 Å². The number of aromatic nitrogens is 2. The first-order valence-electron chi connectivity index (χ1n) is 9.34. The quantitative estimate of drug-likeness (QED) is 0.632. The molecule has 1 atom stereocenters. The molecule has 3 aromatic rings. The number of carbonyl (C=O) groups is 2. The van der Waals surface area contributed by atoms with E-state index in [2.05, 4.69) is 5.32 Å². The summed E-state index contributed by atoms with van der Waals surface area (Å²) in [4.78, 5) is 37.5. The van der Waals surface area contributed by atoms with Crippen LogP contribution in [0.2, 0.25) is 0 Å². The molecular weight excluding hydrogens is 386 g/mol. The number of hydrogen-bond donors (Lipinski definition) is 1. The number of ether oxygens (including phenoxy) is 2. The first-order chi connectivity index (χ1) is 14.3. The predicted octanol–water partition coefficient (Wildman–Crippen LogP) is 2.68. The van der Waals surface area contributed by atoms with Crippen LogP contribution < -0.4 is 15.6 Å². The molecule has 0 fully saturated rings. The molecule has 0 saturated carbocycles. The molecule has 0 unspecified atom stereocenters. The fourth-order valence-electron chi connectivity index (χ4n) is 3.03. The lowest BCUT2D eigenvalue weighted by Crippen LogP contribution is -2.32. The summed E-state index contributed by atoms with van der Waals surface area (Å²) < 4.78 is 13.6. The van der Waals surface area contributed by atoms with Crippen LogP contribution >= 0.6 is 0 Å².